The van der Waals surface area contributed by atoms with Gasteiger partial charge in [0.15, 0.2) is 11.0 Å². The second-order valence-electron chi connectivity index (χ2n) is 6.05. The van der Waals surface area contributed by atoms with Crippen molar-refractivity contribution in [1.29, 1.82) is 0 Å². The first kappa shape index (κ1) is 17.9. The number of carbonyl (C=O) groups is 1. The Labute approximate surface area is 145 Å². The molecule has 0 radical (unpaired) electrons. The Morgan fingerprint density at radius 1 is 1.38 bits per heavy atom. The van der Waals surface area contributed by atoms with Crippen molar-refractivity contribution in [2.45, 2.75) is 32.8 Å². The molecule has 2 aromatic heterocycles. The molecule has 128 valence electrons. The van der Waals surface area contributed by atoms with Gasteiger partial charge in [0.1, 0.15) is 5.60 Å². The largest absolute Gasteiger partial charge is 0.444 e. The Balaban J connectivity index is 1.79. The summed E-state index contributed by atoms with van der Waals surface area (Å²) in [5, 5.41) is 15.0. The molecule has 0 aliphatic rings. The third-order valence-electron chi connectivity index (χ3n) is 2.74. The van der Waals surface area contributed by atoms with Crippen molar-refractivity contribution in [3.63, 3.8) is 0 Å². The molecule has 0 spiro atoms. The highest BCUT2D eigenvalue weighted by atomic mass is 35.5. The molecular weight excluding hydrogens is 330 g/mol. The van der Waals surface area contributed by atoms with Crippen LogP contribution in [0.5, 0.6) is 0 Å². The molecule has 0 unspecified atom stereocenters. The predicted molar refractivity (Wildman–Crippen MR) is 92.1 cm³/mol. The highest BCUT2D eigenvalue weighted by Crippen LogP contribution is 2.09. The van der Waals surface area contributed by atoms with Crippen LogP contribution in [0, 0.1) is 0 Å². The van der Waals surface area contributed by atoms with Crippen LogP contribution in [0.4, 0.5) is 4.79 Å². The molecular formula is C16H20ClN5O2. The summed E-state index contributed by atoms with van der Waals surface area (Å²) in [6, 6.07) is 3.39. The van der Waals surface area contributed by atoms with Gasteiger partial charge in [0.25, 0.3) is 0 Å². The van der Waals surface area contributed by atoms with E-state index in [9.17, 15) is 4.79 Å². The molecule has 2 rings (SSSR count). The monoisotopic (exact) mass is 349 g/mol. The molecule has 1 amide bonds. The summed E-state index contributed by atoms with van der Waals surface area (Å²) in [4.78, 5) is 11.5. The van der Waals surface area contributed by atoms with E-state index in [1.807, 2.05) is 39.1 Å². The summed E-state index contributed by atoms with van der Waals surface area (Å²) in [5.41, 5.74) is 0.433. The number of alkyl carbamates (subject to hydrolysis) is 1. The second kappa shape index (κ2) is 7.92. The van der Waals surface area contributed by atoms with E-state index in [1.54, 1.807) is 23.0 Å². The van der Waals surface area contributed by atoms with Crippen LogP contribution in [0.1, 0.15) is 32.8 Å². The lowest BCUT2D eigenvalue weighted by molar-refractivity contribution is 0.0529. The van der Waals surface area contributed by atoms with Crippen LogP contribution in [-0.2, 0) is 4.74 Å². The maximum Gasteiger partial charge on any atom is 0.407 e. The smallest absolute Gasteiger partial charge is 0.407 e. The van der Waals surface area contributed by atoms with Crippen LogP contribution in [0.2, 0.25) is 5.15 Å². The molecule has 0 atom stereocenters. The number of rotatable bonds is 5. The lowest BCUT2D eigenvalue weighted by Crippen LogP contribution is -2.32. The first-order valence-electron chi connectivity index (χ1n) is 7.51. The van der Waals surface area contributed by atoms with Gasteiger partial charge in [0, 0.05) is 18.3 Å². The first-order valence-corrected chi connectivity index (χ1v) is 7.89. The van der Waals surface area contributed by atoms with Gasteiger partial charge >= 0.3 is 6.09 Å². The van der Waals surface area contributed by atoms with E-state index in [0.29, 0.717) is 23.9 Å². The summed E-state index contributed by atoms with van der Waals surface area (Å²) in [5.74, 6) is 0.589. The quantitative estimate of drug-likeness (QED) is 0.838. The van der Waals surface area contributed by atoms with Gasteiger partial charge in [-0.15, -0.1) is 10.2 Å². The van der Waals surface area contributed by atoms with E-state index in [2.05, 4.69) is 20.6 Å². The highest BCUT2D eigenvalue weighted by Gasteiger charge is 2.15. The number of ether oxygens (including phenoxy) is 1. The Morgan fingerprint density at radius 3 is 2.83 bits per heavy atom. The van der Waals surface area contributed by atoms with Gasteiger partial charge in [-0.25, -0.2) is 9.48 Å². The third kappa shape index (κ3) is 6.00. The fourth-order valence-electron chi connectivity index (χ4n) is 1.77. The SMILES string of the molecule is CC(C)(C)OC(=O)NCCC=Cc1cnn(-c2ccc(Cl)nn2)c1. The van der Waals surface area contributed by atoms with Crippen molar-refractivity contribution in [2.24, 2.45) is 0 Å². The van der Waals surface area contributed by atoms with Gasteiger partial charge in [-0.2, -0.15) is 5.10 Å². The predicted octanol–water partition coefficient (Wildman–Crippen LogP) is 3.24. The van der Waals surface area contributed by atoms with Crippen LogP contribution in [0.15, 0.2) is 30.6 Å². The molecule has 0 aliphatic heterocycles. The number of nitrogens with one attached hydrogen (secondary N) is 1. The summed E-state index contributed by atoms with van der Waals surface area (Å²) < 4.78 is 6.77. The zero-order valence-corrected chi connectivity index (χ0v) is 14.6. The number of aromatic nitrogens is 4. The van der Waals surface area contributed by atoms with Crippen LogP contribution in [0.25, 0.3) is 11.9 Å². The van der Waals surface area contributed by atoms with E-state index in [1.165, 1.54) is 0 Å². The average molecular weight is 350 g/mol. The number of hydrogen-bond donors (Lipinski definition) is 1. The van der Waals surface area contributed by atoms with Crippen molar-refractivity contribution in [2.75, 3.05) is 6.54 Å². The molecule has 0 fully saturated rings. The molecule has 7 nitrogen and oxygen atoms in total. The summed E-state index contributed by atoms with van der Waals surface area (Å²) in [6.07, 6.45) is 7.69. The lowest BCUT2D eigenvalue weighted by atomic mass is 10.2. The topological polar surface area (TPSA) is 81.9 Å². The minimum Gasteiger partial charge on any atom is -0.444 e. The number of halogens is 1. The van der Waals surface area contributed by atoms with Crippen molar-refractivity contribution in [3.05, 3.63) is 41.3 Å². The third-order valence-corrected chi connectivity index (χ3v) is 2.95. The number of nitrogens with zero attached hydrogens (tertiary/aromatic N) is 4. The Hall–Kier alpha value is -2.41. The van der Waals surface area contributed by atoms with Crippen molar-refractivity contribution in [1.82, 2.24) is 25.3 Å². The molecule has 8 heteroatoms. The van der Waals surface area contributed by atoms with Gasteiger partial charge in [-0.1, -0.05) is 23.8 Å². The van der Waals surface area contributed by atoms with Gasteiger partial charge in [0.05, 0.1) is 6.20 Å². The molecule has 0 aromatic carbocycles. The zero-order chi connectivity index (χ0) is 17.6. The summed E-state index contributed by atoms with van der Waals surface area (Å²) >= 11 is 5.71. The Kier molecular flexibility index (Phi) is 5.92. The van der Waals surface area contributed by atoms with Crippen LogP contribution >= 0.6 is 11.6 Å². The van der Waals surface area contributed by atoms with E-state index < -0.39 is 11.7 Å². The summed E-state index contributed by atoms with van der Waals surface area (Å²) in [6.45, 7) is 5.99. The number of carbonyl (C=O) groups excluding carboxylic acids is 1. The van der Waals surface area contributed by atoms with Crippen molar-refractivity contribution in [3.8, 4) is 5.82 Å². The minimum atomic E-state index is -0.487. The normalized spacial score (nSPS) is 11.7. The van der Waals surface area contributed by atoms with Gasteiger partial charge in [-0.05, 0) is 39.3 Å². The Bertz CT molecular complexity index is 704. The van der Waals surface area contributed by atoms with E-state index >= 15 is 0 Å². The molecule has 2 heterocycles. The fraction of sp³-hybridized carbons (Fsp3) is 0.375. The standard InChI is InChI=1S/C16H20ClN5O2/c1-16(2,3)24-15(23)18-9-5-4-6-12-10-19-22(11-12)14-8-7-13(17)20-21-14/h4,6-8,10-11H,5,9H2,1-3H3,(H,18,23). The highest BCUT2D eigenvalue weighted by molar-refractivity contribution is 6.29. The fourth-order valence-corrected chi connectivity index (χ4v) is 1.87. The second-order valence-corrected chi connectivity index (χ2v) is 6.44. The van der Waals surface area contributed by atoms with E-state index in [4.69, 9.17) is 16.3 Å². The molecule has 0 saturated carbocycles. The van der Waals surface area contributed by atoms with Crippen LogP contribution in [0.3, 0.4) is 0 Å². The zero-order valence-electron chi connectivity index (χ0n) is 13.9. The molecule has 2 aromatic rings. The average Bonchev–Trinajstić information content (AvgIpc) is 2.94. The van der Waals surface area contributed by atoms with Crippen LogP contribution < -0.4 is 5.32 Å². The van der Waals surface area contributed by atoms with Gasteiger partial charge in [0.2, 0.25) is 0 Å². The Morgan fingerprint density at radius 2 is 2.17 bits per heavy atom. The first-order chi connectivity index (χ1) is 11.3. The van der Waals surface area contributed by atoms with Crippen molar-refractivity contribution >= 4 is 23.8 Å². The molecule has 0 saturated heterocycles. The molecule has 0 bridgehead atoms. The summed E-state index contributed by atoms with van der Waals surface area (Å²) in [7, 11) is 0. The van der Waals surface area contributed by atoms with E-state index in [-0.39, 0.29) is 0 Å². The maximum atomic E-state index is 11.5. The molecule has 0 aliphatic carbocycles. The van der Waals surface area contributed by atoms with Gasteiger partial charge in [-0.3, -0.25) is 0 Å². The molecule has 1 N–H and O–H groups in total. The minimum absolute atomic E-state index is 0.337. The maximum absolute atomic E-state index is 11.5. The van der Waals surface area contributed by atoms with Crippen LogP contribution in [-0.4, -0.2) is 38.2 Å². The lowest BCUT2D eigenvalue weighted by Gasteiger charge is -2.19. The van der Waals surface area contributed by atoms with Crippen molar-refractivity contribution < 1.29 is 9.53 Å². The number of hydrogen-bond acceptors (Lipinski definition) is 5. The van der Waals surface area contributed by atoms with Gasteiger partial charge < -0.3 is 10.1 Å². The van der Waals surface area contributed by atoms with E-state index in [0.717, 1.165) is 5.56 Å². The molecule has 24 heavy (non-hydrogen) atoms. The number of amides is 1.